The van der Waals surface area contributed by atoms with Gasteiger partial charge in [0, 0.05) is 5.35 Å². The highest BCUT2D eigenvalue weighted by Gasteiger charge is 2.24. The SMILES string of the molecule is C=C/C=C\C(BC1CCCC(Bc2cc(=C/C=C)/c(=C\C=C)[nH]2)C1)=C/C. The molecule has 1 heterocycles. The van der Waals surface area contributed by atoms with E-state index in [-0.39, 0.29) is 0 Å². The van der Waals surface area contributed by atoms with Crippen molar-refractivity contribution in [3.8, 4) is 0 Å². The number of nitrogens with one attached hydrogen (secondary N) is 1. The Morgan fingerprint density at radius 1 is 1.12 bits per heavy atom. The first-order chi connectivity index (χ1) is 12.7. The summed E-state index contributed by atoms with van der Waals surface area (Å²) in [4.78, 5) is 3.57. The molecule has 1 aliphatic carbocycles. The highest BCUT2D eigenvalue weighted by atomic mass is 14.7. The number of hydrogen-bond acceptors (Lipinski definition) is 0. The van der Waals surface area contributed by atoms with Gasteiger partial charge in [-0.05, 0) is 29.9 Å². The molecule has 3 heteroatoms. The van der Waals surface area contributed by atoms with Crippen LogP contribution in [-0.2, 0) is 0 Å². The molecule has 0 radical (unpaired) electrons. The lowest BCUT2D eigenvalue weighted by atomic mass is 9.47. The molecular weight excluding hydrogens is 312 g/mol. The molecule has 1 aromatic rings. The molecule has 0 aromatic carbocycles. The Morgan fingerprint density at radius 2 is 1.88 bits per heavy atom. The van der Waals surface area contributed by atoms with E-state index in [4.69, 9.17) is 0 Å². The zero-order valence-electron chi connectivity index (χ0n) is 16.2. The van der Waals surface area contributed by atoms with Gasteiger partial charge in [0.05, 0.1) is 0 Å². The molecule has 1 saturated carbocycles. The summed E-state index contributed by atoms with van der Waals surface area (Å²) in [5, 5.41) is 2.33. The lowest BCUT2D eigenvalue weighted by molar-refractivity contribution is 0.499. The number of rotatable bonds is 8. The second-order valence-corrected chi connectivity index (χ2v) is 7.23. The van der Waals surface area contributed by atoms with Crippen LogP contribution >= 0.6 is 0 Å². The van der Waals surface area contributed by atoms with Crippen LogP contribution in [0.15, 0.2) is 67.7 Å². The van der Waals surface area contributed by atoms with Crippen molar-refractivity contribution in [1.29, 1.82) is 0 Å². The van der Waals surface area contributed by atoms with Gasteiger partial charge in [0.1, 0.15) is 0 Å². The fourth-order valence-electron chi connectivity index (χ4n) is 4.07. The van der Waals surface area contributed by atoms with Crippen LogP contribution < -0.4 is 16.2 Å². The minimum atomic E-state index is 0.766. The van der Waals surface area contributed by atoms with Gasteiger partial charge in [0.15, 0.2) is 14.6 Å². The van der Waals surface area contributed by atoms with Gasteiger partial charge in [-0.2, -0.15) is 0 Å². The summed E-state index contributed by atoms with van der Waals surface area (Å²) in [6, 6.07) is 2.27. The Balaban J connectivity index is 2.05. The molecule has 134 valence electrons. The molecule has 0 saturated heterocycles. The monoisotopic (exact) mass is 343 g/mol. The molecule has 2 rings (SSSR count). The van der Waals surface area contributed by atoms with Crippen molar-refractivity contribution < 1.29 is 0 Å². The summed E-state index contributed by atoms with van der Waals surface area (Å²) in [7, 11) is 2.32. The lowest BCUT2D eigenvalue weighted by Crippen LogP contribution is -2.27. The topological polar surface area (TPSA) is 15.8 Å². The number of allylic oxidation sites excluding steroid dienone is 7. The lowest BCUT2D eigenvalue weighted by Gasteiger charge is -2.28. The van der Waals surface area contributed by atoms with Crippen LogP contribution in [0.25, 0.3) is 12.2 Å². The highest BCUT2D eigenvalue weighted by Crippen LogP contribution is 2.36. The summed E-state index contributed by atoms with van der Waals surface area (Å²) in [6.45, 7) is 13.5. The number of aromatic amines is 1. The number of aromatic nitrogens is 1. The van der Waals surface area contributed by atoms with Gasteiger partial charge in [0.2, 0.25) is 0 Å². The van der Waals surface area contributed by atoms with Gasteiger partial charge in [0.25, 0.3) is 0 Å². The fourth-order valence-corrected chi connectivity index (χ4v) is 4.07. The van der Waals surface area contributed by atoms with Crippen LogP contribution in [0.4, 0.5) is 0 Å². The van der Waals surface area contributed by atoms with Gasteiger partial charge >= 0.3 is 0 Å². The van der Waals surface area contributed by atoms with Crippen molar-refractivity contribution in [2.45, 2.75) is 44.2 Å². The Labute approximate surface area is 160 Å². The Hall–Kier alpha value is -2.15. The molecule has 2 atom stereocenters. The largest absolute Gasteiger partial charge is 0.367 e. The molecular formula is C23H31B2N. The van der Waals surface area contributed by atoms with Crippen molar-refractivity contribution in [1.82, 2.24) is 4.98 Å². The van der Waals surface area contributed by atoms with E-state index < -0.39 is 0 Å². The van der Waals surface area contributed by atoms with E-state index in [9.17, 15) is 0 Å². The Kier molecular flexibility index (Phi) is 8.34. The first-order valence-corrected chi connectivity index (χ1v) is 9.77. The average molecular weight is 343 g/mol. The quantitative estimate of drug-likeness (QED) is 0.551. The van der Waals surface area contributed by atoms with E-state index in [1.54, 1.807) is 0 Å². The first-order valence-electron chi connectivity index (χ1n) is 9.77. The van der Waals surface area contributed by atoms with E-state index in [0.29, 0.717) is 0 Å². The number of hydrogen-bond donors (Lipinski definition) is 1. The zero-order chi connectivity index (χ0) is 18.8. The smallest absolute Gasteiger partial charge is 0.182 e. The third kappa shape index (κ3) is 5.98. The molecule has 0 bridgehead atoms. The summed E-state index contributed by atoms with van der Waals surface area (Å²) >= 11 is 0. The predicted molar refractivity (Wildman–Crippen MR) is 122 cm³/mol. The third-order valence-electron chi connectivity index (χ3n) is 5.26. The summed E-state index contributed by atoms with van der Waals surface area (Å²) in [6.07, 6.45) is 21.5. The van der Waals surface area contributed by atoms with Crippen LogP contribution in [0.3, 0.4) is 0 Å². The third-order valence-corrected chi connectivity index (χ3v) is 5.26. The van der Waals surface area contributed by atoms with Crippen molar-refractivity contribution >= 4 is 32.3 Å². The Morgan fingerprint density at radius 3 is 2.58 bits per heavy atom. The van der Waals surface area contributed by atoms with Crippen LogP contribution in [-0.4, -0.2) is 19.5 Å². The molecule has 2 unspecified atom stereocenters. The van der Waals surface area contributed by atoms with E-state index >= 15 is 0 Å². The molecule has 0 amide bonds. The van der Waals surface area contributed by atoms with Gasteiger partial charge in [-0.3, -0.25) is 0 Å². The van der Waals surface area contributed by atoms with Crippen LogP contribution in [0.1, 0.15) is 32.6 Å². The second kappa shape index (κ2) is 10.8. The standard InChI is InChI=1S/C23H31B2N/c1-5-9-13-19(8-4)24-20-14-10-15-21(17-20)25-23-16-18(11-6-2)22(26-23)12-7-3/h5-9,11-13,16,20-21,24-26H,1-3,10,14-15,17H2,4H3/b13-9-,18-11-,19-8+,22-12+. The van der Waals surface area contributed by atoms with E-state index in [1.807, 2.05) is 30.4 Å². The van der Waals surface area contributed by atoms with E-state index in [1.165, 1.54) is 49.2 Å². The second-order valence-electron chi connectivity index (χ2n) is 7.23. The van der Waals surface area contributed by atoms with Crippen molar-refractivity contribution in [2.75, 3.05) is 0 Å². The summed E-state index contributed by atoms with van der Waals surface area (Å²) in [5.74, 6) is 1.56. The maximum Gasteiger partial charge on any atom is 0.182 e. The minimum absolute atomic E-state index is 0.766. The van der Waals surface area contributed by atoms with E-state index in [2.05, 4.69) is 55.9 Å². The fraction of sp³-hybridized carbons (Fsp3) is 0.304. The molecule has 0 spiro atoms. The number of H-pyrrole nitrogens is 1. The average Bonchev–Trinajstić information content (AvgIpc) is 3.00. The Bertz CT molecular complexity index is 757. The molecule has 1 aliphatic rings. The molecule has 1 nitrogen and oxygen atoms in total. The van der Waals surface area contributed by atoms with Gasteiger partial charge in [-0.15, -0.1) is 0 Å². The maximum absolute atomic E-state index is 3.82. The first kappa shape index (κ1) is 20.2. The van der Waals surface area contributed by atoms with Gasteiger partial charge in [-0.25, -0.2) is 0 Å². The van der Waals surface area contributed by atoms with Crippen LogP contribution in [0, 0.1) is 0 Å². The predicted octanol–water partition coefficient (Wildman–Crippen LogP) is 3.24. The molecule has 1 aromatic heterocycles. The molecule has 1 fully saturated rings. The highest BCUT2D eigenvalue weighted by molar-refractivity contribution is 6.54. The maximum atomic E-state index is 3.82. The zero-order valence-corrected chi connectivity index (χ0v) is 16.2. The van der Waals surface area contributed by atoms with Crippen molar-refractivity contribution in [2.24, 2.45) is 0 Å². The van der Waals surface area contributed by atoms with E-state index in [0.717, 1.165) is 24.3 Å². The molecule has 26 heavy (non-hydrogen) atoms. The van der Waals surface area contributed by atoms with Gasteiger partial charge in [-0.1, -0.05) is 105 Å². The normalized spacial score (nSPS) is 22.4. The summed E-state index contributed by atoms with van der Waals surface area (Å²) < 4.78 is 0. The van der Waals surface area contributed by atoms with Crippen LogP contribution in [0.5, 0.6) is 0 Å². The van der Waals surface area contributed by atoms with Crippen molar-refractivity contribution in [3.05, 3.63) is 78.3 Å². The van der Waals surface area contributed by atoms with Crippen LogP contribution in [0.2, 0.25) is 11.6 Å². The molecule has 0 aliphatic heterocycles. The molecule has 1 N–H and O–H groups in total. The minimum Gasteiger partial charge on any atom is -0.367 e. The summed E-state index contributed by atoms with van der Waals surface area (Å²) in [5.41, 5.74) is 2.76. The van der Waals surface area contributed by atoms with Crippen molar-refractivity contribution in [3.63, 3.8) is 0 Å². The van der Waals surface area contributed by atoms with Gasteiger partial charge < -0.3 is 4.98 Å².